The zero-order chi connectivity index (χ0) is 11.1. The molecular weight excluding hydrogens is 202 g/mol. The summed E-state index contributed by atoms with van der Waals surface area (Å²) in [7, 11) is 0. The van der Waals surface area contributed by atoms with Gasteiger partial charge in [0.2, 0.25) is 0 Å². The van der Waals surface area contributed by atoms with Crippen LogP contribution in [0.4, 0.5) is 0 Å². The number of nitrogens with one attached hydrogen (secondary N) is 1. The highest BCUT2D eigenvalue weighted by atomic mass is 32.1. The second-order valence-corrected chi connectivity index (χ2v) is 2.47. The van der Waals surface area contributed by atoms with E-state index in [1.807, 2.05) is 5.92 Å². The van der Waals surface area contributed by atoms with Crippen molar-refractivity contribution in [2.45, 2.75) is 12.1 Å². The molecule has 6 heteroatoms. The SMILES string of the molecule is C#C[C@@H](N)C(=O)N[C@@H](C#CS)C(N)=O. The topological polar surface area (TPSA) is 98.2 Å². The average Bonchev–Trinajstić information content (AvgIpc) is 2.15. The first-order chi connectivity index (χ1) is 6.52. The van der Waals surface area contributed by atoms with E-state index in [0.29, 0.717) is 0 Å². The molecule has 5 nitrogen and oxygen atoms in total. The van der Waals surface area contributed by atoms with Crippen molar-refractivity contribution >= 4 is 24.4 Å². The summed E-state index contributed by atoms with van der Waals surface area (Å²) in [5.74, 6) is 2.78. The second kappa shape index (κ2) is 5.92. The summed E-state index contributed by atoms with van der Waals surface area (Å²) in [5.41, 5.74) is 10.1. The summed E-state index contributed by atoms with van der Waals surface area (Å²) in [4.78, 5) is 21.8. The molecule has 0 saturated carbocycles. The summed E-state index contributed by atoms with van der Waals surface area (Å²) in [6.45, 7) is 0. The van der Waals surface area contributed by atoms with Gasteiger partial charge in [-0.1, -0.05) is 24.5 Å². The smallest absolute Gasteiger partial charge is 0.252 e. The monoisotopic (exact) mass is 211 g/mol. The number of hydrogen-bond acceptors (Lipinski definition) is 4. The molecule has 0 aromatic carbocycles. The van der Waals surface area contributed by atoms with Gasteiger partial charge in [-0.2, -0.15) is 0 Å². The lowest BCUT2D eigenvalue weighted by atomic mass is 10.2. The normalized spacial score (nSPS) is 12.6. The number of thiol groups is 1. The van der Waals surface area contributed by atoms with Crippen LogP contribution in [-0.4, -0.2) is 23.9 Å². The molecule has 5 N–H and O–H groups in total. The Labute approximate surface area is 87.0 Å². The maximum absolute atomic E-state index is 11.1. The number of terminal acetylenes is 1. The molecule has 0 aromatic heterocycles. The number of amides is 2. The van der Waals surface area contributed by atoms with Crippen molar-refractivity contribution in [3.05, 3.63) is 0 Å². The molecule has 2 amide bonds. The third-order valence-corrected chi connectivity index (χ3v) is 1.37. The lowest BCUT2D eigenvalue weighted by Crippen LogP contribution is -2.49. The van der Waals surface area contributed by atoms with Crippen LogP contribution in [0.5, 0.6) is 0 Å². The predicted molar refractivity (Wildman–Crippen MR) is 54.7 cm³/mol. The van der Waals surface area contributed by atoms with Crippen molar-refractivity contribution in [3.63, 3.8) is 0 Å². The molecule has 74 valence electrons. The van der Waals surface area contributed by atoms with E-state index in [4.69, 9.17) is 17.9 Å². The van der Waals surface area contributed by atoms with Gasteiger partial charge >= 0.3 is 0 Å². The fraction of sp³-hybridized carbons (Fsp3) is 0.250. The van der Waals surface area contributed by atoms with E-state index in [0.717, 1.165) is 0 Å². The van der Waals surface area contributed by atoms with Crippen molar-refractivity contribution in [1.29, 1.82) is 0 Å². The maximum Gasteiger partial charge on any atom is 0.252 e. The van der Waals surface area contributed by atoms with Gasteiger partial charge in [-0.25, -0.2) is 0 Å². The average molecular weight is 211 g/mol. The van der Waals surface area contributed by atoms with E-state index >= 15 is 0 Å². The van der Waals surface area contributed by atoms with E-state index in [1.54, 1.807) is 0 Å². The molecule has 0 spiro atoms. The molecule has 0 aliphatic heterocycles. The fourth-order valence-electron chi connectivity index (χ4n) is 0.551. The van der Waals surface area contributed by atoms with Crippen LogP contribution in [0.1, 0.15) is 0 Å². The third kappa shape index (κ3) is 3.85. The van der Waals surface area contributed by atoms with Gasteiger partial charge in [0.1, 0.15) is 6.04 Å². The van der Waals surface area contributed by atoms with Crippen molar-refractivity contribution in [3.8, 4) is 23.5 Å². The number of carbonyl (C=O) groups is 2. The molecule has 0 fully saturated rings. The van der Waals surface area contributed by atoms with Gasteiger partial charge in [0.05, 0.1) is 0 Å². The first-order valence-electron chi connectivity index (χ1n) is 3.49. The van der Waals surface area contributed by atoms with Crippen LogP contribution in [0.15, 0.2) is 0 Å². The van der Waals surface area contributed by atoms with Gasteiger partial charge in [-0.15, -0.1) is 6.42 Å². The van der Waals surface area contributed by atoms with Crippen molar-refractivity contribution in [2.24, 2.45) is 11.5 Å². The van der Waals surface area contributed by atoms with Gasteiger partial charge in [-0.3, -0.25) is 9.59 Å². The summed E-state index contributed by atoms with van der Waals surface area (Å²) >= 11 is 3.56. The molecule has 0 aliphatic carbocycles. The van der Waals surface area contributed by atoms with Crippen LogP contribution < -0.4 is 16.8 Å². The zero-order valence-electron chi connectivity index (χ0n) is 7.15. The van der Waals surface area contributed by atoms with E-state index in [1.165, 1.54) is 0 Å². The van der Waals surface area contributed by atoms with E-state index in [-0.39, 0.29) is 0 Å². The third-order valence-electron chi connectivity index (χ3n) is 1.24. The minimum Gasteiger partial charge on any atom is -0.367 e. The molecule has 0 unspecified atom stereocenters. The Balaban J connectivity index is 4.45. The first-order valence-corrected chi connectivity index (χ1v) is 3.93. The van der Waals surface area contributed by atoms with Gasteiger partial charge in [0.25, 0.3) is 11.8 Å². The standard InChI is InChI=1S/C8H9N3O2S/c1-2-5(9)8(13)11-6(3-4-14)7(10)12/h1,5-6,14H,9H2,(H2,10,12)(H,11,13)/t5-,6+/m1/s1. The van der Waals surface area contributed by atoms with Gasteiger partial charge in [-0.05, 0) is 5.25 Å². The quantitative estimate of drug-likeness (QED) is 0.315. The molecule has 2 atom stereocenters. The molecule has 0 heterocycles. The number of primary amides is 1. The molecule has 0 aliphatic rings. The Morgan fingerprint density at radius 1 is 1.50 bits per heavy atom. The van der Waals surface area contributed by atoms with E-state index in [9.17, 15) is 9.59 Å². The summed E-state index contributed by atoms with van der Waals surface area (Å²) < 4.78 is 0. The minimum absolute atomic E-state index is 0.688. The number of rotatable bonds is 3. The molecule has 0 saturated heterocycles. The molecule has 14 heavy (non-hydrogen) atoms. The Bertz CT molecular complexity index is 337. The highest BCUT2D eigenvalue weighted by Crippen LogP contribution is 1.83. The minimum atomic E-state index is -1.13. The van der Waals surface area contributed by atoms with E-state index in [2.05, 4.69) is 29.1 Å². The first kappa shape index (κ1) is 12.4. The van der Waals surface area contributed by atoms with Crippen molar-refractivity contribution < 1.29 is 9.59 Å². The second-order valence-electron chi connectivity index (χ2n) is 2.24. The Morgan fingerprint density at radius 2 is 2.07 bits per heavy atom. The highest BCUT2D eigenvalue weighted by molar-refractivity contribution is 7.85. The van der Waals surface area contributed by atoms with Crippen LogP contribution in [0.3, 0.4) is 0 Å². The van der Waals surface area contributed by atoms with Crippen LogP contribution in [0.2, 0.25) is 0 Å². The van der Waals surface area contributed by atoms with Gasteiger partial charge in [0, 0.05) is 0 Å². The summed E-state index contributed by atoms with van der Waals surface area (Å²) in [6.07, 6.45) is 4.90. The maximum atomic E-state index is 11.1. The number of carbonyl (C=O) groups excluding carboxylic acids is 2. The molecular formula is C8H9N3O2S. The van der Waals surface area contributed by atoms with Crippen LogP contribution in [-0.2, 0) is 9.59 Å². The Kier molecular flexibility index (Phi) is 5.23. The van der Waals surface area contributed by atoms with Crippen LogP contribution >= 0.6 is 12.6 Å². The molecule has 0 rings (SSSR count). The Hall–Kier alpha value is -1.63. The van der Waals surface area contributed by atoms with Crippen molar-refractivity contribution in [1.82, 2.24) is 5.32 Å². The highest BCUT2D eigenvalue weighted by Gasteiger charge is 2.18. The molecule has 0 bridgehead atoms. The summed E-state index contributed by atoms with van der Waals surface area (Å²) in [6, 6.07) is -2.25. The van der Waals surface area contributed by atoms with Crippen LogP contribution in [0.25, 0.3) is 0 Å². The van der Waals surface area contributed by atoms with E-state index < -0.39 is 23.9 Å². The lowest BCUT2D eigenvalue weighted by Gasteiger charge is -2.10. The van der Waals surface area contributed by atoms with Crippen molar-refractivity contribution in [2.75, 3.05) is 0 Å². The molecule has 0 radical (unpaired) electrons. The largest absolute Gasteiger partial charge is 0.367 e. The zero-order valence-corrected chi connectivity index (χ0v) is 8.04. The lowest BCUT2D eigenvalue weighted by molar-refractivity contribution is -0.126. The Morgan fingerprint density at radius 3 is 2.43 bits per heavy atom. The fourth-order valence-corrected chi connectivity index (χ4v) is 0.680. The van der Waals surface area contributed by atoms with Gasteiger partial charge < -0.3 is 16.8 Å². The number of hydrogen-bond donors (Lipinski definition) is 4. The number of nitrogens with two attached hydrogens (primary N) is 2. The van der Waals surface area contributed by atoms with Gasteiger partial charge in [0.15, 0.2) is 6.04 Å². The van der Waals surface area contributed by atoms with Crippen LogP contribution in [0, 0.1) is 23.5 Å². The molecule has 0 aromatic rings. The predicted octanol–water partition coefficient (Wildman–Crippen LogP) is -2.19. The summed E-state index contributed by atoms with van der Waals surface area (Å²) in [5, 5.41) is 4.31.